The van der Waals surface area contributed by atoms with Crippen LogP contribution >= 0.6 is 11.3 Å². The van der Waals surface area contributed by atoms with Crippen LogP contribution in [-0.2, 0) is 14.6 Å². The zero-order valence-corrected chi connectivity index (χ0v) is 23.0. The standard InChI is InChI=1S/C28H28N2O7S2/c1-27(39(2,35)36,16-29-25(33)20-9-5-6-10-22(20)31)15-23(32)26-30-21-12-11-19(14-24(21)38-26)8-4-3-7-13-28(34)17-37-18-28/h5-6,9-12,14,23,31-32,34H,13,15-18H2,1-2H3,(H,29,33)/t23-,27-/m1/s1. The van der Waals surface area contributed by atoms with E-state index >= 15 is 0 Å². The zero-order chi connectivity index (χ0) is 28.3. The van der Waals surface area contributed by atoms with E-state index in [0.29, 0.717) is 22.5 Å². The van der Waals surface area contributed by atoms with E-state index in [1.165, 1.54) is 30.4 Å². The Hall–Kier alpha value is -3.45. The van der Waals surface area contributed by atoms with Crippen LogP contribution < -0.4 is 5.32 Å². The van der Waals surface area contributed by atoms with Crippen LogP contribution in [0.15, 0.2) is 42.5 Å². The summed E-state index contributed by atoms with van der Waals surface area (Å²) in [7, 11) is -3.73. The molecule has 1 amide bonds. The number of hydrogen-bond donors (Lipinski definition) is 4. The Kier molecular flexibility index (Phi) is 8.31. The maximum atomic E-state index is 12.7. The maximum absolute atomic E-state index is 12.7. The zero-order valence-electron chi connectivity index (χ0n) is 21.4. The second kappa shape index (κ2) is 11.3. The second-order valence-electron chi connectivity index (χ2n) is 9.82. The van der Waals surface area contributed by atoms with Gasteiger partial charge in [-0.1, -0.05) is 24.0 Å². The van der Waals surface area contributed by atoms with Gasteiger partial charge in [0.25, 0.3) is 5.91 Å². The van der Waals surface area contributed by atoms with Crippen molar-refractivity contribution in [3.63, 3.8) is 0 Å². The highest BCUT2D eigenvalue weighted by atomic mass is 32.2. The average Bonchev–Trinajstić information content (AvgIpc) is 3.29. The summed E-state index contributed by atoms with van der Waals surface area (Å²) in [5.74, 6) is 10.4. The van der Waals surface area contributed by atoms with Crippen LogP contribution in [-0.4, -0.2) is 71.0 Å². The van der Waals surface area contributed by atoms with Gasteiger partial charge in [0.1, 0.15) is 22.5 Å². The van der Waals surface area contributed by atoms with E-state index < -0.39 is 32.2 Å². The van der Waals surface area contributed by atoms with Crippen molar-refractivity contribution in [2.24, 2.45) is 0 Å². The summed E-state index contributed by atoms with van der Waals surface area (Å²) in [5.41, 5.74) is 0.471. The van der Waals surface area contributed by atoms with Crippen molar-refractivity contribution >= 4 is 37.3 Å². The molecule has 3 aromatic rings. The van der Waals surface area contributed by atoms with Gasteiger partial charge in [-0.25, -0.2) is 13.4 Å². The minimum Gasteiger partial charge on any atom is -0.507 e. The van der Waals surface area contributed by atoms with Crippen molar-refractivity contribution in [1.82, 2.24) is 10.3 Å². The monoisotopic (exact) mass is 568 g/mol. The average molecular weight is 569 g/mol. The predicted molar refractivity (Wildman–Crippen MR) is 148 cm³/mol. The van der Waals surface area contributed by atoms with Gasteiger partial charge in [0.05, 0.1) is 33.7 Å². The van der Waals surface area contributed by atoms with Crippen molar-refractivity contribution < 1.29 is 33.3 Å². The van der Waals surface area contributed by atoms with Gasteiger partial charge in [0.15, 0.2) is 9.84 Å². The molecule has 39 heavy (non-hydrogen) atoms. The first-order chi connectivity index (χ1) is 18.4. The molecule has 0 unspecified atom stereocenters. The summed E-state index contributed by atoms with van der Waals surface area (Å²) in [5, 5.41) is 33.7. The first-order valence-electron chi connectivity index (χ1n) is 12.0. The third-order valence-corrected chi connectivity index (χ3v) is 9.72. The molecule has 1 aliphatic rings. The fourth-order valence-corrected chi connectivity index (χ4v) is 5.63. The fourth-order valence-electron chi connectivity index (χ4n) is 3.84. The maximum Gasteiger partial charge on any atom is 0.255 e. The quantitative estimate of drug-likeness (QED) is 0.303. The summed E-state index contributed by atoms with van der Waals surface area (Å²) in [6, 6.07) is 11.3. The number of nitrogens with zero attached hydrogens (tertiary/aromatic N) is 1. The number of rotatable bonds is 8. The summed E-state index contributed by atoms with van der Waals surface area (Å²) in [6.07, 6.45) is -0.0577. The Morgan fingerprint density at radius 3 is 2.67 bits per heavy atom. The topological polar surface area (TPSA) is 146 Å². The number of aromatic nitrogens is 1. The van der Waals surface area contributed by atoms with Gasteiger partial charge in [-0.05, 0) is 49.1 Å². The molecule has 2 heterocycles. The van der Waals surface area contributed by atoms with E-state index in [0.717, 1.165) is 11.0 Å². The fraction of sp³-hybridized carbons (Fsp3) is 0.357. The van der Waals surface area contributed by atoms with Crippen LogP contribution in [0, 0.1) is 23.7 Å². The molecule has 2 aromatic carbocycles. The highest BCUT2D eigenvalue weighted by molar-refractivity contribution is 7.92. The Morgan fingerprint density at radius 1 is 1.26 bits per heavy atom. The smallest absolute Gasteiger partial charge is 0.255 e. The van der Waals surface area contributed by atoms with Gasteiger partial charge in [0, 0.05) is 31.2 Å². The van der Waals surface area contributed by atoms with E-state index in [2.05, 4.69) is 34.0 Å². The molecule has 2 atom stereocenters. The van der Waals surface area contributed by atoms with Gasteiger partial charge >= 0.3 is 0 Å². The van der Waals surface area contributed by atoms with Crippen molar-refractivity contribution in [1.29, 1.82) is 0 Å². The van der Waals surface area contributed by atoms with Crippen molar-refractivity contribution in [3.8, 4) is 29.4 Å². The number of aliphatic hydroxyl groups is 2. The van der Waals surface area contributed by atoms with Crippen molar-refractivity contribution in [3.05, 3.63) is 58.6 Å². The normalized spacial score (nSPS) is 16.5. The van der Waals surface area contributed by atoms with Crippen LogP contribution in [0.2, 0.25) is 0 Å². The SMILES string of the molecule is C[C@](CNC(=O)c1ccccc1O)(C[C@@H](O)c1nc2ccc(C#CC#CCC3(O)COC3)cc2s1)S(C)(=O)=O. The van der Waals surface area contributed by atoms with Crippen molar-refractivity contribution in [2.75, 3.05) is 26.0 Å². The number of aromatic hydroxyl groups is 1. The minimum atomic E-state index is -3.73. The lowest BCUT2D eigenvalue weighted by atomic mass is 9.99. The number of carbonyl (C=O) groups excluding carboxylic acids is 1. The number of ether oxygens (including phenoxy) is 1. The molecule has 1 aliphatic heterocycles. The number of thiazole rings is 1. The Morgan fingerprint density at radius 2 is 2.00 bits per heavy atom. The molecule has 0 aliphatic carbocycles. The second-order valence-corrected chi connectivity index (χ2v) is 13.4. The lowest BCUT2D eigenvalue weighted by Gasteiger charge is -2.34. The Balaban J connectivity index is 1.45. The molecule has 11 heteroatoms. The Labute approximate surface area is 230 Å². The number of benzene rings is 2. The van der Waals surface area contributed by atoms with Crippen LogP contribution in [0.4, 0.5) is 0 Å². The number of hydrogen-bond acceptors (Lipinski definition) is 9. The van der Waals surface area contributed by atoms with Crippen LogP contribution in [0.5, 0.6) is 5.75 Å². The van der Waals surface area contributed by atoms with Gasteiger partial charge < -0.3 is 25.4 Å². The number of carbonyl (C=O) groups is 1. The van der Waals surface area contributed by atoms with Crippen LogP contribution in [0.3, 0.4) is 0 Å². The molecule has 4 rings (SSSR count). The third kappa shape index (κ3) is 6.77. The highest BCUT2D eigenvalue weighted by Gasteiger charge is 2.39. The number of sulfone groups is 1. The highest BCUT2D eigenvalue weighted by Crippen LogP contribution is 2.34. The van der Waals surface area contributed by atoms with Gasteiger partial charge in [-0.3, -0.25) is 4.79 Å². The van der Waals surface area contributed by atoms with E-state index in [1.807, 2.05) is 6.07 Å². The molecule has 0 radical (unpaired) electrons. The van der Waals surface area contributed by atoms with E-state index in [-0.39, 0.29) is 37.5 Å². The lowest BCUT2D eigenvalue weighted by Crippen LogP contribution is -2.49. The number of para-hydroxylation sites is 1. The Bertz CT molecular complexity index is 1620. The molecule has 1 saturated heterocycles. The molecule has 204 valence electrons. The minimum absolute atomic E-state index is 0.0234. The summed E-state index contributed by atoms with van der Waals surface area (Å²) in [4.78, 5) is 17.0. The summed E-state index contributed by atoms with van der Waals surface area (Å²) in [6.45, 7) is 1.74. The molecule has 0 spiro atoms. The number of amides is 1. The van der Waals surface area contributed by atoms with Gasteiger partial charge in [-0.15, -0.1) is 11.3 Å². The van der Waals surface area contributed by atoms with E-state index in [1.54, 1.807) is 24.3 Å². The predicted octanol–water partition coefficient (Wildman–Crippen LogP) is 2.17. The first kappa shape index (κ1) is 28.6. The van der Waals surface area contributed by atoms with Crippen LogP contribution in [0.25, 0.3) is 10.2 Å². The van der Waals surface area contributed by atoms with Gasteiger partial charge in [0.2, 0.25) is 0 Å². The molecule has 9 nitrogen and oxygen atoms in total. The molecule has 0 saturated carbocycles. The molecule has 1 fully saturated rings. The summed E-state index contributed by atoms with van der Waals surface area (Å²) < 4.78 is 29.6. The number of aliphatic hydroxyl groups excluding tert-OH is 1. The molecule has 0 bridgehead atoms. The first-order valence-corrected chi connectivity index (χ1v) is 14.7. The molecule has 1 aromatic heterocycles. The van der Waals surface area contributed by atoms with Crippen molar-refractivity contribution in [2.45, 2.75) is 36.2 Å². The lowest BCUT2D eigenvalue weighted by molar-refractivity contribution is -0.174. The number of phenolic OH excluding ortho intramolecular Hbond substituents is 1. The largest absolute Gasteiger partial charge is 0.507 e. The molecule has 4 N–H and O–H groups in total. The third-order valence-electron chi connectivity index (χ3n) is 6.50. The number of nitrogens with one attached hydrogen (secondary N) is 1. The van der Waals surface area contributed by atoms with Gasteiger partial charge in [-0.2, -0.15) is 0 Å². The number of fused-ring (bicyclic) bond motifs is 1. The molecular weight excluding hydrogens is 540 g/mol. The van der Waals surface area contributed by atoms with Crippen LogP contribution in [0.1, 0.15) is 46.8 Å². The number of phenols is 1. The van der Waals surface area contributed by atoms with E-state index in [9.17, 15) is 28.5 Å². The van der Waals surface area contributed by atoms with E-state index in [4.69, 9.17) is 4.74 Å². The summed E-state index contributed by atoms with van der Waals surface area (Å²) >= 11 is 1.22. The molecular formula is C28H28N2O7S2.